The van der Waals surface area contributed by atoms with Crippen molar-refractivity contribution in [2.75, 3.05) is 11.5 Å². The van der Waals surface area contributed by atoms with Crippen LogP contribution in [0, 0.1) is 0 Å². The number of nitrogens with zero attached hydrogens (tertiary/aromatic N) is 4. The Bertz CT molecular complexity index is 345. The van der Waals surface area contributed by atoms with Crippen molar-refractivity contribution in [2.24, 2.45) is 31.9 Å². The van der Waals surface area contributed by atoms with Crippen LogP contribution in [0.1, 0.15) is 26.7 Å². The van der Waals surface area contributed by atoms with Crippen LogP contribution in [0.4, 0.5) is 0 Å². The molecule has 0 fully saturated rings. The van der Waals surface area contributed by atoms with Gasteiger partial charge in [0.1, 0.15) is 5.84 Å². The number of rotatable bonds is 8. The molecule has 0 atom stereocenters. The number of nitrogens with two attached hydrogens (primary N) is 2. The number of thiol groups is 2. The molecule has 0 heterocycles. The second-order valence-electron chi connectivity index (χ2n) is 3.66. The molecule has 0 saturated carbocycles. The minimum absolute atomic E-state index is 0.165. The summed E-state index contributed by atoms with van der Waals surface area (Å²) < 4.78 is 0. The molecule has 0 aromatic carbocycles. The van der Waals surface area contributed by atoms with Crippen molar-refractivity contribution >= 4 is 58.8 Å². The fourth-order valence-corrected chi connectivity index (χ4v) is 2.19. The van der Waals surface area contributed by atoms with Crippen LogP contribution in [-0.2, 0) is 0 Å². The highest BCUT2D eigenvalue weighted by Gasteiger charge is 1.96. The zero-order valence-electron chi connectivity index (χ0n) is 11.1. The Labute approximate surface area is 129 Å². The number of hydrogen-bond acceptors (Lipinski definition) is 5. The molecule has 6 nitrogen and oxygen atoms in total. The second kappa shape index (κ2) is 11.2. The van der Waals surface area contributed by atoms with Gasteiger partial charge in [0.25, 0.3) is 0 Å². The van der Waals surface area contributed by atoms with E-state index in [0.717, 1.165) is 30.1 Å². The Hall–Kier alpha value is -0.670. The lowest BCUT2D eigenvalue weighted by atomic mass is 10.3. The van der Waals surface area contributed by atoms with Crippen LogP contribution in [0.5, 0.6) is 0 Å². The molecule has 19 heavy (non-hydrogen) atoms. The molecule has 0 saturated heterocycles. The summed E-state index contributed by atoms with van der Waals surface area (Å²) in [6.45, 7) is 3.59. The molecule has 0 aliphatic carbocycles. The average molecular weight is 321 g/mol. The van der Waals surface area contributed by atoms with E-state index in [1.54, 1.807) is 18.7 Å². The molecule has 4 N–H and O–H groups in total. The van der Waals surface area contributed by atoms with E-state index >= 15 is 0 Å². The summed E-state index contributed by atoms with van der Waals surface area (Å²) in [6.07, 6.45) is 1.62. The third-order valence-electron chi connectivity index (χ3n) is 1.72. The molecular formula is C10H20N6S3. The standard InChI is InChI=1S/C10H20N6S3/c1-7(13-16-10(12)18)3-5-19-6-4-9(17)15-14-8(2)11/h3-6H2,1-2H3,(H2,11,14)(H,15,17)(H3,12,16,18)/b13-7+. The Kier molecular flexibility index (Phi) is 10.8. The van der Waals surface area contributed by atoms with E-state index in [0.29, 0.717) is 10.9 Å². The quantitative estimate of drug-likeness (QED) is 0.180. The van der Waals surface area contributed by atoms with E-state index in [1.165, 1.54) is 0 Å². The molecular weight excluding hydrogens is 300 g/mol. The van der Waals surface area contributed by atoms with Crippen LogP contribution < -0.4 is 11.5 Å². The van der Waals surface area contributed by atoms with Crippen LogP contribution in [0.3, 0.4) is 0 Å². The Balaban J connectivity index is 3.77. The maximum Gasteiger partial charge on any atom is 0.177 e. The van der Waals surface area contributed by atoms with Crippen molar-refractivity contribution in [1.82, 2.24) is 0 Å². The molecule has 0 aromatic heterocycles. The first kappa shape index (κ1) is 18.3. The SMILES string of the molecule is C/C(N)=N\N=C(/S)CCSCC/C(C)=N/N=C(/N)S. The van der Waals surface area contributed by atoms with Gasteiger partial charge in [0.2, 0.25) is 0 Å². The van der Waals surface area contributed by atoms with Gasteiger partial charge in [0.15, 0.2) is 5.17 Å². The first-order chi connectivity index (χ1) is 8.91. The molecule has 0 aliphatic heterocycles. The molecule has 0 radical (unpaired) electrons. The summed E-state index contributed by atoms with van der Waals surface area (Å²) in [5.74, 6) is 2.31. The normalized spacial score (nSPS) is 14.9. The fraction of sp³-hybridized carbons (Fsp3) is 0.600. The van der Waals surface area contributed by atoms with E-state index in [-0.39, 0.29) is 5.17 Å². The van der Waals surface area contributed by atoms with Crippen molar-refractivity contribution in [1.29, 1.82) is 0 Å². The van der Waals surface area contributed by atoms with Crippen molar-refractivity contribution in [3.8, 4) is 0 Å². The lowest BCUT2D eigenvalue weighted by Crippen LogP contribution is -2.04. The molecule has 0 bridgehead atoms. The van der Waals surface area contributed by atoms with Crippen molar-refractivity contribution in [2.45, 2.75) is 26.7 Å². The van der Waals surface area contributed by atoms with Crippen LogP contribution >= 0.6 is 37.0 Å². The van der Waals surface area contributed by atoms with E-state index in [1.807, 2.05) is 6.92 Å². The summed E-state index contributed by atoms with van der Waals surface area (Å²) in [5.41, 5.74) is 11.6. The van der Waals surface area contributed by atoms with Gasteiger partial charge in [-0.2, -0.15) is 16.9 Å². The minimum Gasteiger partial charge on any atom is -0.386 e. The average Bonchev–Trinajstić information content (AvgIpc) is 2.33. The number of thioether (sulfide) groups is 1. The summed E-state index contributed by atoms with van der Waals surface area (Å²) in [6, 6.07) is 0. The molecule has 9 heteroatoms. The molecule has 108 valence electrons. The molecule has 0 spiro atoms. The van der Waals surface area contributed by atoms with E-state index < -0.39 is 0 Å². The largest absolute Gasteiger partial charge is 0.386 e. The maximum atomic E-state index is 5.37. The first-order valence-corrected chi connectivity index (χ1v) is 7.65. The van der Waals surface area contributed by atoms with Gasteiger partial charge in [-0.15, -0.1) is 40.6 Å². The third-order valence-corrected chi connectivity index (χ3v) is 3.11. The zero-order chi connectivity index (χ0) is 14.7. The highest BCUT2D eigenvalue weighted by molar-refractivity contribution is 7.99. The fourth-order valence-electron chi connectivity index (χ4n) is 0.859. The highest BCUT2D eigenvalue weighted by Crippen LogP contribution is 2.08. The van der Waals surface area contributed by atoms with Crippen molar-refractivity contribution in [3.05, 3.63) is 0 Å². The van der Waals surface area contributed by atoms with Crippen molar-refractivity contribution < 1.29 is 0 Å². The topological polar surface area (TPSA) is 101 Å². The van der Waals surface area contributed by atoms with Gasteiger partial charge in [0.05, 0.1) is 5.04 Å². The molecule has 0 amide bonds. The summed E-state index contributed by atoms with van der Waals surface area (Å²) in [5, 5.41) is 16.0. The Morgan fingerprint density at radius 2 is 1.58 bits per heavy atom. The van der Waals surface area contributed by atoms with Gasteiger partial charge in [0, 0.05) is 12.1 Å². The van der Waals surface area contributed by atoms with Gasteiger partial charge in [-0.25, -0.2) is 0 Å². The maximum absolute atomic E-state index is 5.37. The lowest BCUT2D eigenvalue weighted by Gasteiger charge is -2.00. The molecule has 0 rings (SSSR count). The molecule has 0 aliphatic rings. The summed E-state index contributed by atoms with van der Waals surface area (Å²) >= 11 is 9.83. The minimum atomic E-state index is 0.165. The number of amidine groups is 2. The first-order valence-electron chi connectivity index (χ1n) is 5.60. The van der Waals surface area contributed by atoms with Crippen LogP contribution in [0.25, 0.3) is 0 Å². The van der Waals surface area contributed by atoms with Gasteiger partial charge in [-0.1, -0.05) is 0 Å². The Morgan fingerprint density at radius 1 is 0.947 bits per heavy atom. The van der Waals surface area contributed by atoms with E-state index in [9.17, 15) is 0 Å². The monoisotopic (exact) mass is 320 g/mol. The summed E-state index contributed by atoms with van der Waals surface area (Å²) in [4.78, 5) is 0. The lowest BCUT2D eigenvalue weighted by molar-refractivity contribution is 1.16. The van der Waals surface area contributed by atoms with Crippen LogP contribution in [0.15, 0.2) is 20.4 Å². The summed E-state index contributed by atoms with van der Waals surface area (Å²) in [7, 11) is 0. The predicted octanol–water partition coefficient (Wildman–Crippen LogP) is 1.74. The Morgan fingerprint density at radius 3 is 2.16 bits per heavy atom. The highest BCUT2D eigenvalue weighted by atomic mass is 32.2. The number of hydrogen-bond donors (Lipinski definition) is 4. The predicted molar refractivity (Wildman–Crippen MR) is 94.0 cm³/mol. The van der Waals surface area contributed by atoms with Gasteiger partial charge >= 0.3 is 0 Å². The van der Waals surface area contributed by atoms with Gasteiger partial charge in [-0.05, 0) is 31.8 Å². The smallest absolute Gasteiger partial charge is 0.177 e. The molecule has 0 aromatic rings. The second-order valence-corrected chi connectivity index (χ2v) is 5.86. The van der Waals surface area contributed by atoms with E-state index in [2.05, 4.69) is 45.7 Å². The van der Waals surface area contributed by atoms with Crippen LogP contribution in [-0.4, -0.2) is 33.3 Å². The zero-order valence-corrected chi connectivity index (χ0v) is 13.7. The van der Waals surface area contributed by atoms with Gasteiger partial charge in [-0.3, -0.25) is 0 Å². The van der Waals surface area contributed by atoms with Gasteiger partial charge < -0.3 is 11.5 Å². The molecule has 0 unspecified atom stereocenters. The van der Waals surface area contributed by atoms with E-state index in [4.69, 9.17) is 11.5 Å². The third kappa shape index (κ3) is 13.6. The van der Waals surface area contributed by atoms with Crippen LogP contribution in [0.2, 0.25) is 0 Å². The van der Waals surface area contributed by atoms with Crippen molar-refractivity contribution in [3.63, 3.8) is 0 Å².